The van der Waals surface area contributed by atoms with E-state index in [1.165, 1.54) is 60.6 Å². The topological polar surface area (TPSA) is 0 Å². The molecule has 7 aromatic rings. The fourth-order valence-corrected chi connectivity index (χ4v) is 9.45. The van der Waals surface area contributed by atoms with E-state index in [9.17, 15) is 0 Å². The molecule has 5 heteroatoms. The monoisotopic (exact) mass is 564 g/mol. The zero-order valence-corrected chi connectivity index (χ0v) is 23.7. The van der Waals surface area contributed by atoms with Gasteiger partial charge in [0, 0.05) is 43.9 Å². The molecule has 0 aliphatic heterocycles. The molecule has 0 unspecified atom stereocenters. The summed E-state index contributed by atoms with van der Waals surface area (Å²) in [6, 6.07) is 41.9. The van der Waals surface area contributed by atoms with Gasteiger partial charge in [0.1, 0.15) is 0 Å². The summed E-state index contributed by atoms with van der Waals surface area (Å²) >= 11 is 9.33. The SMILES string of the molecule is c1ccc(-c2ccc(-c3ccc(-c4ccc(-c5ccc(-c6ccc(-c7cccs7)s6)s5)s4)s3)cc2)cc1. The molecule has 7 rings (SSSR count). The van der Waals surface area contributed by atoms with Crippen molar-refractivity contribution in [2.45, 2.75) is 0 Å². The summed E-state index contributed by atoms with van der Waals surface area (Å²) in [5, 5.41) is 2.14. The fraction of sp³-hybridized carbons (Fsp3) is 0. The van der Waals surface area contributed by atoms with Crippen LogP contribution in [0, 0.1) is 0 Å². The third kappa shape index (κ3) is 4.70. The number of benzene rings is 2. The number of thiophene rings is 5. The third-order valence-corrected chi connectivity index (χ3v) is 12.2. The Bertz CT molecular complexity index is 1760. The summed E-state index contributed by atoms with van der Waals surface area (Å²) < 4.78 is 0. The van der Waals surface area contributed by atoms with Crippen molar-refractivity contribution in [3.63, 3.8) is 0 Å². The molecule has 0 atom stereocenters. The largest absolute Gasteiger partial charge is 0.143 e. The van der Waals surface area contributed by atoms with Crippen molar-refractivity contribution < 1.29 is 0 Å². The van der Waals surface area contributed by atoms with Crippen LogP contribution in [0.1, 0.15) is 0 Å². The lowest BCUT2D eigenvalue weighted by molar-refractivity contribution is 1.62. The minimum absolute atomic E-state index is 1.25. The summed E-state index contributed by atoms with van der Waals surface area (Å²) in [7, 11) is 0. The van der Waals surface area contributed by atoms with E-state index >= 15 is 0 Å². The van der Waals surface area contributed by atoms with Gasteiger partial charge in [0.15, 0.2) is 0 Å². The van der Waals surface area contributed by atoms with Gasteiger partial charge < -0.3 is 0 Å². The first-order chi connectivity index (χ1) is 18.3. The second kappa shape index (κ2) is 10.0. The molecule has 37 heavy (non-hydrogen) atoms. The molecule has 0 spiro atoms. The van der Waals surface area contributed by atoms with Crippen molar-refractivity contribution in [3.05, 3.63) is 121 Å². The Morgan fingerprint density at radius 3 is 1.16 bits per heavy atom. The summed E-state index contributed by atoms with van der Waals surface area (Å²) in [6.07, 6.45) is 0. The Hall–Kier alpha value is -3.06. The maximum atomic E-state index is 2.27. The van der Waals surface area contributed by atoms with E-state index in [4.69, 9.17) is 0 Å². The molecule has 178 valence electrons. The van der Waals surface area contributed by atoms with E-state index in [2.05, 4.69) is 121 Å². The van der Waals surface area contributed by atoms with E-state index in [1.807, 2.05) is 45.3 Å². The first-order valence-electron chi connectivity index (χ1n) is 11.9. The Morgan fingerprint density at radius 2 is 0.676 bits per heavy atom. The van der Waals surface area contributed by atoms with Gasteiger partial charge in [-0.3, -0.25) is 0 Å². The number of hydrogen-bond donors (Lipinski definition) is 0. The molecule has 0 aliphatic carbocycles. The van der Waals surface area contributed by atoms with Gasteiger partial charge in [0.2, 0.25) is 0 Å². The number of hydrogen-bond acceptors (Lipinski definition) is 5. The van der Waals surface area contributed by atoms with Crippen LogP contribution in [0.5, 0.6) is 0 Å². The van der Waals surface area contributed by atoms with Gasteiger partial charge in [-0.05, 0) is 76.7 Å². The Balaban J connectivity index is 1.10. The number of rotatable bonds is 6. The average molecular weight is 565 g/mol. The van der Waals surface area contributed by atoms with Crippen molar-refractivity contribution in [3.8, 4) is 60.6 Å². The highest BCUT2D eigenvalue weighted by Gasteiger charge is 2.13. The highest BCUT2D eigenvalue weighted by molar-refractivity contribution is 7.29. The van der Waals surface area contributed by atoms with Crippen LogP contribution in [0.4, 0.5) is 0 Å². The highest BCUT2D eigenvalue weighted by Crippen LogP contribution is 2.45. The van der Waals surface area contributed by atoms with E-state index in [0.717, 1.165) is 0 Å². The molecule has 5 heterocycles. The maximum Gasteiger partial charge on any atom is 0.0449 e. The van der Waals surface area contributed by atoms with Crippen molar-refractivity contribution in [2.24, 2.45) is 0 Å². The fourth-order valence-electron chi connectivity index (χ4n) is 4.31. The maximum absolute atomic E-state index is 2.27. The Morgan fingerprint density at radius 1 is 0.270 bits per heavy atom. The molecule has 0 N–H and O–H groups in total. The minimum Gasteiger partial charge on any atom is -0.143 e. The molecule has 0 aliphatic rings. The highest BCUT2D eigenvalue weighted by atomic mass is 32.1. The molecule has 2 aromatic carbocycles. The van der Waals surface area contributed by atoms with Gasteiger partial charge in [-0.15, -0.1) is 56.7 Å². The summed E-state index contributed by atoms with van der Waals surface area (Å²) in [6.45, 7) is 0. The van der Waals surface area contributed by atoms with Crippen LogP contribution in [0.15, 0.2) is 121 Å². The normalized spacial score (nSPS) is 11.2. The van der Waals surface area contributed by atoms with Gasteiger partial charge in [-0.2, -0.15) is 0 Å². The van der Waals surface area contributed by atoms with Crippen LogP contribution in [-0.4, -0.2) is 0 Å². The average Bonchev–Trinajstić information content (AvgIpc) is 3.77. The molecular formula is C32H20S5. The van der Waals surface area contributed by atoms with E-state index in [-0.39, 0.29) is 0 Å². The van der Waals surface area contributed by atoms with Crippen LogP contribution < -0.4 is 0 Å². The van der Waals surface area contributed by atoms with Crippen LogP contribution in [0.25, 0.3) is 60.6 Å². The van der Waals surface area contributed by atoms with Crippen molar-refractivity contribution >= 4 is 56.7 Å². The second-order valence-corrected chi connectivity index (χ2v) is 13.9. The van der Waals surface area contributed by atoms with Crippen LogP contribution in [0.3, 0.4) is 0 Å². The first kappa shape index (κ1) is 23.1. The molecule has 0 amide bonds. The van der Waals surface area contributed by atoms with E-state index < -0.39 is 0 Å². The lowest BCUT2D eigenvalue weighted by atomic mass is 10.0. The molecule has 0 nitrogen and oxygen atoms in total. The minimum atomic E-state index is 1.25. The summed E-state index contributed by atoms with van der Waals surface area (Å²) in [4.78, 5) is 12.0. The lowest BCUT2D eigenvalue weighted by Crippen LogP contribution is -1.77. The van der Waals surface area contributed by atoms with E-state index in [1.54, 1.807) is 11.3 Å². The third-order valence-electron chi connectivity index (χ3n) is 6.19. The molecule has 5 aromatic heterocycles. The molecule has 0 saturated heterocycles. The van der Waals surface area contributed by atoms with Crippen molar-refractivity contribution in [2.75, 3.05) is 0 Å². The van der Waals surface area contributed by atoms with Crippen molar-refractivity contribution in [1.82, 2.24) is 0 Å². The predicted molar refractivity (Wildman–Crippen MR) is 168 cm³/mol. The predicted octanol–water partition coefficient (Wildman–Crippen LogP) is 12.0. The van der Waals surface area contributed by atoms with Crippen LogP contribution in [0.2, 0.25) is 0 Å². The van der Waals surface area contributed by atoms with Gasteiger partial charge >= 0.3 is 0 Å². The standard InChI is InChI=1S/C32H20S5/c1-2-5-21(6-3-1)22-8-10-23(11-9-22)24-12-13-27(34-24)28-16-17-31(36-28)32-19-18-30(37-32)29-15-14-26(35-29)25-7-4-20-33-25/h1-20H. The molecule has 0 saturated carbocycles. The van der Waals surface area contributed by atoms with Crippen LogP contribution >= 0.6 is 56.7 Å². The molecule has 0 radical (unpaired) electrons. The molecular weight excluding hydrogens is 545 g/mol. The zero-order chi connectivity index (χ0) is 24.6. The summed E-state index contributed by atoms with van der Waals surface area (Å²) in [5.74, 6) is 0. The molecule has 0 fully saturated rings. The van der Waals surface area contributed by atoms with Crippen LogP contribution in [-0.2, 0) is 0 Å². The summed E-state index contributed by atoms with van der Waals surface area (Å²) in [5.41, 5.74) is 3.78. The zero-order valence-electron chi connectivity index (χ0n) is 19.6. The van der Waals surface area contributed by atoms with Gasteiger partial charge in [0.25, 0.3) is 0 Å². The Kier molecular flexibility index (Phi) is 6.25. The van der Waals surface area contributed by atoms with E-state index in [0.29, 0.717) is 0 Å². The first-order valence-corrected chi connectivity index (χ1v) is 16.0. The lowest BCUT2D eigenvalue weighted by Gasteiger charge is -2.03. The Labute approximate surface area is 236 Å². The van der Waals surface area contributed by atoms with Crippen molar-refractivity contribution in [1.29, 1.82) is 0 Å². The van der Waals surface area contributed by atoms with Gasteiger partial charge in [-0.1, -0.05) is 60.7 Å². The quantitative estimate of drug-likeness (QED) is 0.188. The van der Waals surface area contributed by atoms with Gasteiger partial charge in [-0.25, -0.2) is 0 Å². The smallest absolute Gasteiger partial charge is 0.0449 e. The molecule has 0 bridgehead atoms. The second-order valence-electron chi connectivity index (χ2n) is 8.58. The van der Waals surface area contributed by atoms with Gasteiger partial charge in [0.05, 0.1) is 0 Å².